The molecule has 1 aliphatic rings. The van der Waals surface area contributed by atoms with E-state index in [0.29, 0.717) is 16.3 Å². The van der Waals surface area contributed by atoms with Crippen molar-refractivity contribution in [3.05, 3.63) is 64.2 Å². The molecule has 1 atom stereocenters. The molecule has 1 unspecified atom stereocenters. The summed E-state index contributed by atoms with van der Waals surface area (Å²) in [5, 5.41) is 3.54. The summed E-state index contributed by atoms with van der Waals surface area (Å²) in [5.41, 5.74) is 2.91. The second-order valence-corrected chi connectivity index (χ2v) is 11.7. The largest absolute Gasteiger partial charge is 0.352 e. The van der Waals surface area contributed by atoms with E-state index in [-0.39, 0.29) is 18.5 Å². The molecular formula is C26H34ClN3O4S. The van der Waals surface area contributed by atoms with E-state index < -0.39 is 28.5 Å². The Labute approximate surface area is 213 Å². The maximum absolute atomic E-state index is 13.6. The molecule has 1 fully saturated rings. The molecule has 2 aromatic carbocycles. The Bertz CT molecular complexity index is 1180. The molecule has 1 saturated carbocycles. The Kier molecular flexibility index (Phi) is 8.83. The first-order chi connectivity index (χ1) is 16.5. The fraction of sp³-hybridized carbons (Fsp3) is 0.462. The molecule has 7 nitrogen and oxygen atoms in total. The quantitative estimate of drug-likeness (QED) is 0.538. The van der Waals surface area contributed by atoms with E-state index in [1.807, 2.05) is 31.2 Å². The predicted molar refractivity (Wildman–Crippen MR) is 140 cm³/mol. The van der Waals surface area contributed by atoms with Gasteiger partial charge in [-0.05, 0) is 62.9 Å². The van der Waals surface area contributed by atoms with Crippen LogP contribution in [0.4, 0.5) is 5.69 Å². The van der Waals surface area contributed by atoms with Crippen molar-refractivity contribution in [2.45, 2.75) is 65.1 Å². The third kappa shape index (κ3) is 7.21. The molecule has 0 heterocycles. The van der Waals surface area contributed by atoms with Crippen LogP contribution in [0.5, 0.6) is 0 Å². The summed E-state index contributed by atoms with van der Waals surface area (Å²) in [6, 6.07) is 11.9. The molecule has 0 spiro atoms. The van der Waals surface area contributed by atoms with Gasteiger partial charge in [-0.3, -0.25) is 13.9 Å². The molecule has 0 radical (unpaired) electrons. The lowest BCUT2D eigenvalue weighted by molar-refractivity contribution is -0.139. The third-order valence-corrected chi connectivity index (χ3v) is 7.77. The van der Waals surface area contributed by atoms with Crippen LogP contribution >= 0.6 is 11.6 Å². The van der Waals surface area contributed by atoms with Gasteiger partial charge in [-0.1, -0.05) is 54.3 Å². The first-order valence-electron chi connectivity index (χ1n) is 11.8. The van der Waals surface area contributed by atoms with Crippen LogP contribution in [0, 0.1) is 13.8 Å². The summed E-state index contributed by atoms with van der Waals surface area (Å²) in [4.78, 5) is 28.2. The van der Waals surface area contributed by atoms with Crippen molar-refractivity contribution < 1.29 is 18.0 Å². The molecule has 0 saturated heterocycles. The minimum atomic E-state index is -3.78. The highest BCUT2D eigenvalue weighted by molar-refractivity contribution is 7.92. The van der Waals surface area contributed by atoms with Gasteiger partial charge < -0.3 is 10.2 Å². The molecule has 1 aliphatic carbocycles. The monoisotopic (exact) mass is 519 g/mol. The van der Waals surface area contributed by atoms with Crippen molar-refractivity contribution in [2.75, 3.05) is 17.1 Å². The van der Waals surface area contributed by atoms with Crippen molar-refractivity contribution >= 4 is 39.1 Å². The van der Waals surface area contributed by atoms with E-state index in [2.05, 4.69) is 5.32 Å². The second-order valence-electron chi connectivity index (χ2n) is 9.38. The number of carbonyl (C=O) groups excluding carboxylic acids is 2. The van der Waals surface area contributed by atoms with E-state index in [4.69, 9.17) is 11.6 Å². The number of hydrogen-bond acceptors (Lipinski definition) is 4. The summed E-state index contributed by atoms with van der Waals surface area (Å²) in [7, 11) is -3.78. The number of carbonyl (C=O) groups is 2. The molecule has 1 N–H and O–H groups in total. The number of rotatable bonds is 9. The van der Waals surface area contributed by atoms with Crippen LogP contribution in [0.1, 0.15) is 49.3 Å². The first kappa shape index (κ1) is 27.0. The number of benzene rings is 2. The van der Waals surface area contributed by atoms with Crippen LogP contribution in [0.25, 0.3) is 0 Å². The van der Waals surface area contributed by atoms with Gasteiger partial charge >= 0.3 is 0 Å². The summed E-state index contributed by atoms with van der Waals surface area (Å²) < 4.78 is 26.5. The molecule has 35 heavy (non-hydrogen) atoms. The van der Waals surface area contributed by atoms with Gasteiger partial charge in [0.05, 0.1) is 11.9 Å². The number of nitrogens with zero attached hydrogens (tertiary/aromatic N) is 2. The van der Waals surface area contributed by atoms with Gasteiger partial charge in [-0.2, -0.15) is 0 Å². The highest BCUT2D eigenvalue weighted by Gasteiger charge is 2.31. The van der Waals surface area contributed by atoms with Gasteiger partial charge in [0.2, 0.25) is 21.8 Å². The van der Waals surface area contributed by atoms with Crippen LogP contribution in [-0.2, 0) is 26.2 Å². The smallest absolute Gasteiger partial charge is 0.244 e. The van der Waals surface area contributed by atoms with Crippen LogP contribution in [-0.4, -0.2) is 50.0 Å². The molecule has 2 amide bonds. The number of aryl methyl sites for hydroxylation is 2. The van der Waals surface area contributed by atoms with Crippen LogP contribution in [0.15, 0.2) is 42.5 Å². The number of sulfonamides is 1. The zero-order valence-corrected chi connectivity index (χ0v) is 22.3. The lowest BCUT2D eigenvalue weighted by Gasteiger charge is -2.32. The standard InChI is InChI=1S/C26H34ClN3O4S/c1-18-8-7-9-21(14-18)16-29(20(3)26(32)28-23-10-5-6-11-23)25(31)17-30(35(4,33)34)24-13-12-22(27)15-19(24)2/h7-9,12-15,20,23H,5-6,10-11,16-17H2,1-4H3,(H,28,32). The van der Waals surface area contributed by atoms with E-state index in [0.717, 1.165) is 47.4 Å². The molecule has 3 rings (SSSR count). The van der Waals surface area contributed by atoms with E-state index >= 15 is 0 Å². The molecule has 0 bridgehead atoms. The van der Waals surface area contributed by atoms with Crippen LogP contribution in [0.2, 0.25) is 5.02 Å². The molecule has 2 aromatic rings. The van der Waals surface area contributed by atoms with Crippen molar-refractivity contribution in [1.29, 1.82) is 0 Å². The van der Waals surface area contributed by atoms with Gasteiger partial charge in [0, 0.05) is 17.6 Å². The molecule has 0 aliphatic heterocycles. The highest BCUT2D eigenvalue weighted by atomic mass is 35.5. The van der Waals surface area contributed by atoms with E-state index in [1.54, 1.807) is 32.0 Å². The van der Waals surface area contributed by atoms with Gasteiger partial charge in [-0.25, -0.2) is 8.42 Å². The van der Waals surface area contributed by atoms with Crippen molar-refractivity contribution in [3.8, 4) is 0 Å². The lowest BCUT2D eigenvalue weighted by atomic mass is 10.1. The van der Waals surface area contributed by atoms with E-state index in [1.165, 1.54) is 4.90 Å². The van der Waals surface area contributed by atoms with E-state index in [9.17, 15) is 18.0 Å². The average Bonchev–Trinajstić information content (AvgIpc) is 3.28. The molecule has 9 heteroatoms. The van der Waals surface area contributed by atoms with Gasteiger partial charge in [0.15, 0.2) is 0 Å². The fourth-order valence-electron chi connectivity index (χ4n) is 4.48. The maximum Gasteiger partial charge on any atom is 0.244 e. The molecule has 190 valence electrons. The fourth-order valence-corrected chi connectivity index (χ4v) is 5.61. The number of nitrogens with one attached hydrogen (secondary N) is 1. The Hall–Kier alpha value is -2.58. The minimum Gasteiger partial charge on any atom is -0.352 e. The number of hydrogen-bond donors (Lipinski definition) is 1. The SMILES string of the molecule is Cc1cccc(CN(C(=O)CN(c2ccc(Cl)cc2C)S(C)(=O)=O)C(C)C(=O)NC2CCCC2)c1. The van der Waals surface area contributed by atoms with Gasteiger partial charge in [0.25, 0.3) is 0 Å². The summed E-state index contributed by atoms with van der Waals surface area (Å²) in [6.45, 7) is 5.16. The van der Waals surface area contributed by atoms with Gasteiger partial charge in [0.1, 0.15) is 12.6 Å². The third-order valence-electron chi connectivity index (χ3n) is 6.41. The average molecular weight is 520 g/mol. The van der Waals surface area contributed by atoms with Crippen LogP contribution in [0.3, 0.4) is 0 Å². The topological polar surface area (TPSA) is 86.8 Å². The molecular weight excluding hydrogens is 486 g/mol. The van der Waals surface area contributed by atoms with Crippen LogP contribution < -0.4 is 9.62 Å². The van der Waals surface area contributed by atoms with Gasteiger partial charge in [-0.15, -0.1) is 0 Å². The molecule has 0 aromatic heterocycles. The second kappa shape index (κ2) is 11.4. The summed E-state index contributed by atoms with van der Waals surface area (Å²) in [5.74, 6) is -0.688. The number of amides is 2. The zero-order valence-electron chi connectivity index (χ0n) is 20.8. The minimum absolute atomic E-state index is 0.116. The lowest BCUT2D eigenvalue weighted by Crippen LogP contribution is -2.52. The van der Waals surface area contributed by atoms with Crippen molar-refractivity contribution in [2.24, 2.45) is 0 Å². The number of anilines is 1. The highest BCUT2D eigenvalue weighted by Crippen LogP contribution is 2.26. The Balaban J connectivity index is 1.90. The Morgan fingerprint density at radius 2 is 1.80 bits per heavy atom. The maximum atomic E-state index is 13.6. The Morgan fingerprint density at radius 1 is 1.11 bits per heavy atom. The van der Waals surface area contributed by atoms with Crippen molar-refractivity contribution in [1.82, 2.24) is 10.2 Å². The van der Waals surface area contributed by atoms with Crippen molar-refractivity contribution in [3.63, 3.8) is 0 Å². The number of halogens is 1. The summed E-state index contributed by atoms with van der Waals surface area (Å²) in [6.07, 6.45) is 5.09. The normalized spacial score (nSPS) is 15.0. The Morgan fingerprint density at radius 3 is 2.40 bits per heavy atom. The summed E-state index contributed by atoms with van der Waals surface area (Å²) >= 11 is 6.05. The first-order valence-corrected chi connectivity index (χ1v) is 14.1. The predicted octanol–water partition coefficient (Wildman–Crippen LogP) is 4.20. The zero-order chi connectivity index (χ0) is 25.8.